The topological polar surface area (TPSA) is 70.7 Å². The van der Waals surface area contributed by atoms with Crippen molar-refractivity contribution in [1.82, 2.24) is 15.5 Å². The average molecular weight is 410 g/mol. The Kier molecular flexibility index (Phi) is 8.27. The van der Waals surface area contributed by atoms with Crippen LogP contribution in [0.25, 0.3) is 0 Å². The number of nitrogens with one attached hydrogen (secondary N) is 2. The Balaban J connectivity index is 1.40. The predicted octanol–water partition coefficient (Wildman–Crippen LogP) is 2.73. The Morgan fingerprint density at radius 3 is 2.50 bits per heavy atom. The number of amides is 2. The summed E-state index contributed by atoms with van der Waals surface area (Å²) in [7, 11) is 0. The Morgan fingerprint density at radius 1 is 1.00 bits per heavy atom. The highest BCUT2D eigenvalue weighted by molar-refractivity contribution is 5.85. The van der Waals surface area contributed by atoms with Crippen LogP contribution in [0.2, 0.25) is 0 Å². The Hall–Kier alpha value is -2.86. The summed E-state index contributed by atoms with van der Waals surface area (Å²) in [6.07, 6.45) is 2.55. The molecule has 160 valence electrons. The van der Waals surface area contributed by atoms with Gasteiger partial charge in [0.25, 0.3) is 5.91 Å². The zero-order valence-electron chi connectivity index (χ0n) is 17.6. The van der Waals surface area contributed by atoms with E-state index in [9.17, 15) is 9.59 Å². The number of carbonyl (C=O) groups excluding carboxylic acids is 2. The summed E-state index contributed by atoms with van der Waals surface area (Å²) < 4.78 is 5.38. The molecule has 0 radical (unpaired) electrons. The Bertz CT molecular complexity index is 825. The minimum absolute atomic E-state index is 0.0667. The molecule has 0 aliphatic carbocycles. The van der Waals surface area contributed by atoms with Gasteiger partial charge in [0.05, 0.1) is 6.54 Å². The van der Waals surface area contributed by atoms with Crippen LogP contribution >= 0.6 is 0 Å². The molecule has 1 fully saturated rings. The van der Waals surface area contributed by atoms with Gasteiger partial charge in [0.15, 0.2) is 6.61 Å². The summed E-state index contributed by atoms with van der Waals surface area (Å²) in [5.74, 6) is 0.815. The molecule has 6 nitrogen and oxygen atoms in total. The smallest absolute Gasteiger partial charge is 0.258 e. The summed E-state index contributed by atoms with van der Waals surface area (Å²) in [4.78, 5) is 26.5. The Morgan fingerprint density at radius 2 is 1.73 bits per heavy atom. The summed E-state index contributed by atoms with van der Waals surface area (Å²) in [6.45, 7) is 5.73. The molecular weight excluding hydrogens is 378 g/mol. The number of hydrogen-bond acceptors (Lipinski definition) is 4. The molecule has 2 N–H and O–H groups in total. The van der Waals surface area contributed by atoms with Gasteiger partial charge >= 0.3 is 0 Å². The molecule has 3 rings (SSSR count). The molecule has 0 spiro atoms. The second kappa shape index (κ2) is 11.4. The number of nitrogens with zero attached hydrogens (tertiary/aromatic N) is 1. The van der Waals surface area contributed by atoms with Crippen LogP contribution in [0.4, 0.5) is 0 Å². The van der Waals surface area contributed by atoms with Crippen molar-refractivity contribution in [3.05, 3.63) is 65.7 Å². The van der Waals surface area contributed by atoms with Gasteiger partial charge < -0.3 is 15.4 Å². The van der Waals surface area contributed by atoms with E-state index in [2.05, 4.69) is 34.6 Å². The molecule has 6 heteroatoms. The molecule has 2 amide bonds. The maximum atomic E-state index is 12.2. The summed E-state index contributed by atoms with van der Waals surface area (Å²) in [5, 5.41) is 5.49. The highest BCUT2D eigenvalue weighted by Gasteiger charge is 2.17. The van der Waals surface area contributed by atoms with Gasteiger partial charge in [-0.3, -0.25) is 14.5 Å². The number of ether oxygens (including phenoxy) is 1. The van der Waals surface area contributed by atoms with E-state index in [1.807, 2.05) is 30.3 Å². The van der Waals surface area contributed by atoms with Crippen molar-refractivity contribution in [2.24, 2.45) is 5.92 Å². The van der Waals surface area contributed by atoms with E-state index in [0.29, 0.717) is 12.3 Å². The van der Waals surface area contributed by atoms with E-state index in [0.717, 1.165) is 31.1 Å². The lowest BCUT2D eigenvalue weighted by Crippen LogP contribution is -2.39. The van der Waals surface area contributed by atoms with Crippen LogP contribution in [0.1, 0.15) is 30.9 Å². The molecule has 1 saturated heterocycles. The van der Waals surface area contributed by atoms with E-state index in [-0.39, 0.29) is 25.0 Å². The van der Waals surface area contributed by atoms with E-state index < -0.39 is 0 Å². The van der Waals surface area contributed by atoms with Crippen molar-refractivity contribution in [1.29, 1.82) is 0 Å². The van der Waals surface area contributed by atoms with Crippen LogP contribution < -0.4 is 15.4 Å². The quantitative estimate of drug-likeness (QED) is 0.668. The van der Waals surface area contributed by atoms with Crippen molar-refractivity contribution in [2.45, 2.75) is 32.9 Å². The molecular formula is C24H31N3O3. The van der Waals surface area contributed by atoms with E-state index in [1.165, 1.54) is 18.4 Å². The maximum Gasteiger partial charge on any atom is 0.258 e. The molecule has 1 aliphatic rings. The second-order valence-corrected chi connectivity index (χ2v) is 7.91. The minimum Gasteiger partial charge on any atom is -0.484 e. The van der Waals surface area contributed by atoms with Crippen molar-refractivity contribution >= 4 is 11.8 Å². The lowest BCUT2D eigenvalue weighted by Gasteiger charge is -2.31. The third kappa shape index (κ3) is 7.19. The fourth-order valence-corrected chi connectivity index (χ4v) is 3.71. The van der Waals surface area contributed by atoms with Gasteiger partial charge in [0.1, 0.15) is 5.75 Å². The highest BCUT2D eigenvalue weighted by Crippen LogP contribution is 2.19. The average Bonchev–Trinajstić information content (AvgIpc) is 2.76. The first-order chi connectivity index (χ1) is 14.6. The zero-order valence-corrected chi connectivity index (χ0v) is 17.6. The number of benzene rings is 2. The normalized spacial score (nSPS) is 16.6. The van der Waals surface area contributed by atoms with Crippen molar-refractivity contribution in [2.75, 3.05) is 26.2 Å². The number of hydrogen-bond donors (Lipinski definition) is 2. The monoisotopic (exact) mass is 409 g/mol. The van der Waals surface area contributed by atoms with E-state index >= 15 is 0 Å². The molecule has 30 heavy (non-hydrogen) atoms. The number of carbonyl (C=O) groups is 2. The molecule has 0 saturated carbocycles. The number of para-hydroxylation sites is 1. The maximum absolute atomic E-state index is 12.2. The predicted molar refractivity (Wildman–Crippen MR) is 117 cm³/mol. The van der Waals surface area contributed by atoms with Gasteiger partial charge in [0, 0.05) is 19.6 Å². The molecule has 0 aromatic heterocycles. The summed E-state index contributed by atoms with van der Waals surface area (Å²) in [6, 6.07) is 17.3. The summed E-state index contributed by atoms with van der Waals surface area (Å²) in [5.41, 5.74) is 2.36. The lowest BCUT2D eigenvalue weighted by molar-refractivity contribution is -0.127. The molecule has 1 aliphatic heterocycles. The third-order valence-corrected chi connectivity index (χ3v) is 5.29. The van der Waals surface area contributed by atoms with Gasteiger partial charge in [-0.1, -0.05) is 49.4 Å². The zero-order chi connectivity index (χ0) is 21.2. The standard InChI is InChI=1S/C24H31N3O3/c1-19-8-7-13-27(16-19)17-21-10-6-5-9-20(21)14-25-23(28)15-26-24(29)18-30-22-11-3-2-4-12-22/h2-6,9-12,19H,7-8,13-18H2,1H3,(H,25,28)(H,26,29). The first-order valence-corrected chi connectivity index (χ1v) is 10.6. The second-order valence-electron chi connectivity index (χ2n) is 7.91. The van der Waals surface area contributed by atoms with Gasteiger partial charge in [-0.05, 0) is 48.6 Å². The minimum atomic E-state index is -0.325. The number of piperidine rings is 1. The van der Waals surface area contributed by atoms with Crippen molar-refractivity contribution in [3.63, 3.8) is 0 Å². The fraction of sp³-hybridized carbons (Fsp3) is 0.417. The van der Waals surface area contributed by atoms with Crippen LogP contribution in [0, 0.1) is 5.92 Å². The fourth-order valence-electron chi connectivity index (χ4n) is 3.71. The van der Waals surface area contributed by atoms with Gasteiger partial charge in [0.2, 0.25) is 5.91 Å². The first-order valence-electron chi connectivity index (χ1n) is 10.6. The van der Waals surface area contributed by atoms with Crippen molar-refractivity contribution in [3.8, 4) is 5.75 Å². The largest absolute Gasteiger partial charge is 0.484 e. The van der Waals surface area contributed by atoms with Crippen LogP contribution in [-0.2, 0) is 22.7 Å². The van der Waals surface area contributed by atoms with Gasteiger partial charge in [-0.15, -0.1) is 0 Å². The van der Waals surface area contributed by atoms with Crippen LogP contribution in [0.5, 0.6) is 5.75 Å². The first kappa shape index (κ1) is 21.8. The van der Waals surface area contributed by atoms with Gasteiger partial charge in [-0.25, -0.2) is 0 Å². The molecule has 2 aromatic rings. The molecule has 0 bridgehead atoms. The Labute approximate surface area is 178 Å². The molecule has 1 unspecified atom stereocenters. The van der Waals surface area contributed by atoms with E-state index in [1.54, 1.807) is 12.1 Å². The molecule has 1 heterocycles. The van der Waals surface area contributed by atoms with Crippen LogP contribution in [-0.4, -0.2) is 43.0 Å². The van der Waals surface area contributed by atoms with Crippen molar-refractivity contribution < 1.29 is 14.3 Å². The molecule has 2 aromatic carbocycles. The summed E-state index contributed by atoms with van der Waals surface area (Å²) >= 11 is 0. The lowest BCUT2D eigenvalue weighted by atomic mass is 9.99. The number of likely N-dealkylation sites (tertiary alicyclic amines) is 1. The third-order valence-electron chi connectivity index (χ3n) is 5.29. The van der Waals surface area contributed by atoms with Crippen LogP contribution in [0.3, 0.4) is 0 Å². The van der Waals surface area contributed by atoms with Crippen LogP contribution in [0.15, 0.2) is 54.6 Å². The van der Waals surface area contributed by atoms with E-state index in [4.69, 9.17) is 4.74 Å². The highest BCUT2D eigenvalue weighted by atomic mass is 16.5. The van der Waals surface area contributed by atoms with Gasteiger partial charge in [-0.2, -0.15) is 0 Å². The molecule has 1 atom stereocenters. The number of rotatable bonds is 9. The SMILES string of the molecule is CC1CCCN(Cc2ccccc2CNC(=O)CNC(=O)COc2ccccc2)C1.